The summed E-state index contributed by atoms with van der Waals surface area (Å²) in [7, 11) is -4.11. The van der Waals surface area contributed by atoms with Gasteiger partial charge < -0.3 is 15.2 Å². The van der Waals surface area contributed by atoms with Crippen molar-refractivity contribution in [2.45, 2.75) is 11.8 Å². The average molecular weight is 444 g/mol. The fourth-order valence-electron chi connectivity index (χ4n) is 2.67. The van der Waals surface area contributed by atoms with Gasteiger partial charge in [-0.25, -0.2) is 8.42 Å². The molecular weight excluding hydrogens is 428 g/mol. The molecule has 0 radical (unpaired) electrons. The molecule has 0 aliphatic carbocycles. The molecule has 3 rings (SSSR count). The molecule has 3 aromatic carbocycles. The quantitative estimate of drug-likeness (QED) is 0.607. The maximum absolute atomic E-state index is 12.7. The van der Waals surface area contributed by atoms with E-state index in [4.69, 9.17) is 11.6 Å². The highest BCUT2D eigenvalue weighted by Gasteiger charge is 2.19. The number of benzene rings is 3. The van der Waals surface area contributed by atoms with Gasteiger partial charge in [0.05, 0.1) is 21.5 Å². The number of aryl methyl sites for hydroxylation is 1. The van der Waals surface area contributed by atoms with Crippen molar-refractivity contribution in [2.24, 2.45) is 0 Å². The largest absolute Gasteiger partial charge is 0.545 e. The van der Waals surface area contributed by atoms with Crippen molar-refractivity contribution in [2.75, 3.05) is 10.0 Å². The molecule has 3 aromatic rings. The van der Waals surface area contributed by atoms with E-state index in [2.05, 4.69) is 10.0 Å². The van der Waals surface area contributed by atoms with E-state index in [9.17, 15) is 23.1 Å². The van der Waals surface area contributed by atoms with Crippen molar-refractivity contribution in [1.82, 2.24) is 0 Å². The predicted molar refractivity (Wildman–Crippen MR) is 112 cm³/mol. The third kappa shape index (κ3) is 4.79. The number of anilines is 2. The fourth-order valence-corrected chi connectivity index (χ4v) is 3.95. The molecule has 0 heterocycles. The number of nitrogens with one attached hydrogen (secondary N) is 2. The van der Waals surface area contributed by atoms with Crippen molar-refractivity contribution < 1.29 is 23.1 Å². The van der Waals surface area contributed by atoms with Crippen molar-refractivity contribution in [3.63, 3.8) is 0 Å². The molecule has 9 heteroatoms. The van der Waals surface area contributed by atoms with Crippen LogP contribution in [0.1, 0.15) is 26.3 Å². The number of hydrogen-bond acceptors (Lipinski definition) is 5. The molecule has 0 saturated carbocycles. The Bertz CT molecular complexity index is 1240. The first kappa shape index (κ1) is 21.4. The molecule has 2 N–H and O–H groups in total. The summed E-state index contributed by atoms with van der Waals surface area (Å²) in [6.07, 6.45) is 0. The lowest BCUT2D eigenvalue weighted by Crippen LogP contribution is -2.22. The topological polar surface area (TPSA) is 115 Å². The number of carboxylic acid groups (broad SMARTS) is 1. The van der Waals surface area contributed by atoms with Crippen LogP contribution in [0.3, 0.4) is 0 Å². The predicted octanol–water partition coefficient (Wildman–Crippen LogP) is 3.07. The van der Waals surface area contributed by atoms with Crippen LogP contribution in [0.2, 0.25) is 5.02 Å². The van der Waals surface area contributed by atoms with Gasteiger partial charge in [-0.2, -0.15) is 0 Å². The number of sulfonamides is 1. The molecule has 0 saturated heterocycles. The van der Waals surface area contributed by atoms with Crippen LogP contribution in [0.15, 0.2) is 71.6 Å². The van der Waals surface area contributed by atoms with Gasteiger partial charge in [0.1, 0.15) is 0 Å². The van der Waals surface area contributed by atoms with Gasteiger partial charge in [-0.3, -0.25) is 9.52 Å². The summed E-state index contributed by atoms with van der Waals surface area (Å²) < 4.78 is 27.7. The number of halogens is 1. The maximum Gasteiger partial charge on any atom is 0.261 e. The smallest absolute Gasteiger partial charge is 0.261 e. The summed E-state index contributed by atoms with van der Waals surface area (Å²) in [5, 5.41) is 13.8. The van der Waals surface area contributed by atoms with Gasteiger partial charge in [0.25, 0.3) is 15.9 Å². The molecule has 1 amide bonds. The summed E-state index contributed by atoms with van der Waals surface area (Å²) in [6, 6.07) is 16.0. The van der Waals surface area contributed by atoms with E-state index < -0.39 is 21.9 Å². The van der Waals surface area contributed by atoms with Gasteiger partial charge in [0, 0.05) is 11.4 Å². The van der Waals surface area contributed by atoms with Gasteiger partial charge in [-0.05, 0) is 54.4 Å². The van der Waals surface area contributed by atoms with Crippen LogP contribution >= 0.6 is 11.6 Å². The number of carbonyl (C=O) groups is 2. The van der Waals surface area contributed by atoms with Crippen molar-refractivity contribution >= 4 is 44.9 Å². The number of aromatic carboxylic acids is 1. The molecule has 0 bridgehead atoms. The first-order valence-electron chi connectivity index (χ1n) is 8.68. The summed E-state index contributed by atoms with van der Waals surface area (Å²) >= 11 is 6.11. The lowest BCUT2D eigenvalue weighted by atomic mass is 10.1. The summed E-state index contributed by atoms with van der Waals surface area (Å²) in [5.41, 5.74) is 1.25. The van der Waals surface area contributed by atoms with E-state index in [0.717, 1.165) is 17.7 Å². The lowest BCUT2D eigenvalue weighted by Gasteiger charge is -2.13. The van der Waals surface area contributed by atoms with Crippen LogP contribution in [0.25, 0.3) is 0 Å². The van der Waals surface area contributed by atoms with Crippen LogP contribution in [0.5, 0.6) is 0 Å². The van der Waals surface area contributed by atoms with E-state index in [-0.39, 0.29) is 26.7 Å². The Morgan fingerprint density at radius 1 is 0.967 bits per heavy atom. The molecule has 0 spiro atoms. The van der Waals surface area contributed by atoms with Crippen molar-refractivity contribution in [3.8, 4) is 0 Å². The second-order valence-corrected chi connectivity index (χ2v) is 8.47. The van der Waals surface area contributed by atoms with Gasteiger partial charge in [-0.1, -0.05) is 41.9 Å². The number of hydrogen-bond donors (Lipinski definition) is 2. The van der Waals surface area contributed by atoms with E-state index in [1.54, 1.807) is 12.1 Å². The number of carboxylic acids is 1. The zero-order valence-corrected chi connectivity index (χ0v) is 17.3. The molecule has 154 valence electrons. The van der Waals surface area contributed by atoms with Gasteiger partial charge in [-0.15, -0.1) is 0 Å². The molecular formula is C21H16ClN2O5S-. The van der Waals surface area contributed by atoms with E-state index in [1.165, 1.54) is 30.3 Å². The third-order valence-corrected chi connectivity index (χ3v) is 5.95. The number of amides is 1. The SMILES string of the molecule is Cc1ccccc1NC(=O)c1cc(S(=O)(=O)Nc2cccc(C(=O)[O-])c2)ccc1Cl. The molecule has 7 nitrogen and oxygen atoms in total. The standard InChI is InChI=1S/C21H17ClN2O5S/c1-13-5-2-3-8-19(13)23-20(25)17-12-16(9-10-18(17)22)30(28,29)24-15-7-4-6-14(11-15)21(26)27/h2-12,24H,1H3,(H,23,25)(H,26,27)/p-1. The highest BCUT2D eigenvalue weighted by Crippen LogP contribution is 2.24. The highest BCUT2D eigenvalue weighted by atomic mass is 35.5. The van der Waals surface area contributed by atoms with Crippen LogP contribution in [0.4, 0.5) is 11.4 Å². The fraction of sp³-hybridized carbons (Fsp3) is 0.0476. The minimum absolute atomic E-state index is 0.0220. The molecule has 0 aliphatic heterocycles. The van der Waals surface area contributed by atoms with Gasteiger partial charge in [0.2, 0.25) is 0 Å². The monoisotopic (exact) mass is 443 g/mol. The van der Waals surface area contributed by atoms with E-state index in [1.807, 2.05) is 19.1 Å². The highest BCUT2D eigenvalue weighted by molar-refractivity contribution is 7.92. The molecule has 0 aromatic heterocycles. The van der Waals surface area contributed by atoms with Crippen LogP contribution < -0.4 is 15.1 Å². The van der Waals surface area contributed by atoms with Gasteiger partial charge in [0.15, 0.2) is 0 Å². The van der Waals surface area contributed by atoms with Gasteiger partial charge >= 0.3 is 0 Å². The lowest BCUT2D eigenvalue weighted by molar-refractivity contribution is -0.255. The number of carbonyl (C=O) groups excluding carboxylic acids is 2. The second-order valence-electron chi connectivity index (χ2n) is 6.38. The normalized spacial score (nSPS) is 11.0. The second kappa shape index (κ2) is 8.56. The Labute approximate surface area is 178 Å². The number of para-hydroxylation sites is 1. The third-order valence-electron chi connectivity index (χ3n) is 4.24. The average Bonchev–Trinajstić information content (AvgIpc) is 2.69. The number of rotatable bonds is 6. The first-order valence-corrected chi connectivity index (χ1v) is 10.5. The van der Waals surface area contributed by atoms with E-state index >= 15 is 0 Å². The first-order chi connectivity index (χ1) is 14.2. The molecule has 0 fully saturated rings. The van der Waals surface area contributed by atoms with Crippen LogP contribution in [-0.4, -0.2) is 20.3 Å². The Kier molecular flexibility index (Phi) is 6.09. The Balaban J connectivity index is 1.90. The van der Waals surface area contributed by atoms with Crippen LogP contribution in [0, 0.1) is 6.92 Å². The minimum Gasteiger partial charge on any atom is -0.545 e. The molecule has 0 atom stereocenters. The minimum atomic E-state index is -4.11. The van der Waals surface area contributed by atoms with Crippen molar-refractivity contribution in [1.29, 1.82) is 0 Å². The summed E-state index contributed by atoms with van der Waals surface area (Å²) in [4.78, 5) is 23.4. The Morgan fingerprint density at radius 3 is 2.40 bits per heavy atom. The zero-order chi connectivity index (χ0) is 21.9. The zero-order valence-electron chi connectivity index (χ0n) is 15.7. The molecule has 0 unspecified atom stereocenters. The molecule has 0 aliphatic rings. The van der Waals surface area contributed by atoms with Crippen LogP contribution in [-0.2, 0) is 10.0 Å². The summed E-state index contributed by atoms with van der Waals surface area (Å²) in [5.74, 6) is -2.00. The molecule has 30 heavy (non-hydrogen) atoms. The van der Waals surface area contributed by atoms with E-state index in [0.29, 0.717) is 5.69 Å². The maximum atomic E-state index is 12.7. The summed E-state index contributed by atoms with van der Waals surface area (Å²) in [6.45, 7) is 1.82. The Hall–Kier alpha value is -3.36. The Morgan fingerprint density at radius 2 is 1.70 bits per heavy atom. The van der Waals surface area contributed by atoms with Crippen molar-refractivity contribution in [3.05, 3.63) is 88.4 Å².